The molecular formula is C21H18F2N6O. The Bertz CT molecular complexity index is 1240. The van der Waals surface area contributed by atoms with E-state index in [0.29, 0.717) is 17.9 Å². The Hall–Kier alpha value is -3.46. The third-order valence-corrected chi connectivity index (χ3v) is 5.47. The molecule has 3 aromatic rings. The highest BCUT2D eigenvalue weighted by Crippen LogP contribution is 2.28. The van der Waals surface area contributed by atoms with Crippen molar-refractivity contribution >= 4 is 6.08 Å². The highest BCUT2D eigenvalue weighted by molar-refractivity contribution is 5.63. The lowest BCUT2D eigenvalue weighted by molar-refractivity contribution is 0.205. The van der Waals surface area contributed by atoms with E-state index in [9.17, 15) is 13.6 Å². The van der Waals surface area contributed by atoms with Crippen LogP contribution in [0.5, 0.6) is 0 Å². The molecule has 2 aliphatic heterocycles. The summed E-state index contributed by atoms with van der Waals surface area (Å²) in [5, 5.41) is 0. The summed E-state index contributed by atoms with van der Waals surface area (Å²) >= 11 is 0. The summed E-state index contributed by atoms with van der Waals surface area (Å²) < 4.78 is 28.7. The number of rotatable bonds is 2. The van der Waals surface area contributed by atoms with E-state index in [1.165, 1.54) is 23.0 Å². The first-order chi connectivity index (χ1) is 14.5. The van der Waals surface area contributed by atoms with Gasteiger partial charge in [0, 0.05) is 54.8 Å². The molecule has 1 atom stereocenters. The summed E-state index contributed by atoms with van der Waals surface area (Å²) in [7, 11) is 0. The number of hydrogen-bond donors (Lipinski definition) is 1. The van der Waals surface area contributed by atoms with Crippen LogP contribution in [0.25, 0.3) is 17.2 Å². The second kappa shape index (κ2) is 7.10. The molecule has 1 unspecified atom stereocenters. The number of aromatic nitrogens is 4. The minimum atomic E-state index is -0.861. The van der Waals surface area contributed by atoms with E-state index in [0.717, 1.165) is 35.9 Å². The van der Waals surface area contributed by atoms with Crippen LogP contribution in [0, 0.1) is 11.9 Å². The average molecular weight is 408 g/mol. The minimum absolute atomic E-state index is 0.172. The van der Waals surface area contributed by atoms with Crippen molar-refractivity contribution in [1.29, 1.82) is 0 Å². The molecule has 0 saturated heterocycles. The zero-order valence-corrected chi connectivity index (χ0v) is 16.1. The van der Waals surface area contributed by atoms with Crippen LogP contribution in [0.15, 0.2) is 47.0 Å². The molecule has 1 N–H and O–H groups in total. The number of nitrogens with one attached hydrogen (secondary N) is 1. The number of fused-ring (bicyclic) bond motifs is 2. The molecule has 5 rings (SSSR count). The molecule has 3 aromatic heterocycles. The Balaban J connectivity index is 1.45. The average Bonchev–Trinajstić information content (AvgIpc) is 2.73. The van der Waals surface area contributed by atoms with Crippen LogP contribution < -0.4 is 11.0 Å². The molecule has 0 saturated carbocycles. The fourth-order valence-electron chi connectivity index (χ4n) is 3.97. The fourth-order valence-corrected chi connectivity index (χ4v) is 3.97. The molecule has 7 nitrogen and oxygen atoms in total. The molecule has 9 heteroatoms. The third kappa shape index (κ3) is 3.17. The van der Waals surface area contributed by atoms with Crippen LogP contribution in [0.2, 0.25) is 0 Å². The second-order valence-electron chi connectivity index (χ2n) is 7.42. The van der Waals surface area contributed by atoms with Crippen molar-refractivity contribution in [2.45, 2.75) is 26.1 Å². The van der Waals surface area contributed by atoms with Gasteiger partial charge < -0.3 is 0 Å². The first-order valence-electron chi connectivity index (χ1n) is 9.56. The summed E-state index contributed by atoms with van der Waals surface area (Å²) in [5.74, 6) is -1.15. The van der Waals surface area contributed by atoms with Crippen molar-refractivity contribution in [2.24, 2.45) is 0 Å². The molecule has 2 aliphatic rings. The normalized spacial score (nSPS) is 18.2. The maximum Gasteiger partial charge on any atom is 0.272 e. The highest BCUT2D eigenvalue weighted by Gasteiger charge is 2.29. The topological polar surface area (TPSA) is 75.9 Å². The molecule has 30 heavy (non-hydrogen) atoms. The van der Waals surface area contributed by atoms with Gasteiger partial charge in [-0.3, -0.25) is 20.1 Å². The van der Waals surface area contributed by atoms with Gasteiger partial charge in [-0.1, -0.05) is 0 Å². The monoisotopic (exact) mass is 408 g/mol. The van der Waals surface area contributed by atoms with Gasteiger partial charge in [0.15, 0.2) is 5.82 Å². The fraction of sp³-hybridized carbons (Fsp3) is 0.238. The van der Waals surface area contributed by atoms with E-state index >= 15 is 0 Å². The summed E-state index contributed by atoms with van der Waals surface area (Å²) in [6.45, 7) is 3.31. The predicted molar refractivity (Wildman–Crippen MR) is 107 cm³/mol. The van der Waals surface area contributed by atoms with Gasteiger partial charge in [0.2, 0.25) is 11.9 Å². The quantitative estimate of drug-likeness (QED) is 0.656. The first kappa shape index (κ1) is 18.6. The van der Waals surface area contributed by atoms with E-state index in [2.05, 4.69) is 25.3 Å². The highest BCUT2D eigenvalue weighted by atomic mass is 19.1. The van der Waals surface area contributed by atoms with Gasteiger partial charge in [-0.25, -0.2) is 9.66 Å². The van der Waals surface area contributed by atoms with Crippen molar-refractivity contribution in [3.63, 3.8) is 0 Å². The van der Waals surface area contributed by atoms with Crippen LogP contribution in [0.3, 0.4) is 0 Å². The molecule has 0 aliphatic carbocycles. The van der Waals surface area contributed by atoms with Crippen molar-refractivity contribution in [3.05, 3.63) is 81.6 Å². The Kier molecular flexibility index (Phi) is 4.39. The van der Waals surface area contributed by atoms with Crippen LogP contribution in [0.4, 0.5) is 8.78 Å². The Morgan fingerprint density at radius 1 is 1.20 bits per heavy atom. The van der Waals surface area contributed by atoms with Crippen LogP contribution in [-0.2, 0) is 13.0 Å². The third-order valence-electron chi connectivity index (χ3n) is 5.47. The van der Waals surface area contributed by atoms with Crippen molar-refractivity contribution in [3.8, 4) is 11.1 Å². The lowest BCUT2D eigenvalue weighted by Gasteiger charge is -2.38. The Morgan fingerprint density at radius 3 is 2.90 bits per heavy atom. The smallest absolute Gasteiger partial charge is 0.272 e. The maximum absolute atomic E-state index is 14.1. The summed E-state index contributed by atoms with van der Waals surface area (Å²) in [5.41, 5.74) is 6.78. The van der Waals surface area contributed by atoms with Crippen LogP contribution in [0.1, 0.15) is 24.0 Å². The van der Waals surface area contributed by atoms with Crippen molar-refractivity contribution < 1.29 is 8.78 Å². The molecule has 152 valence electrons. The number of halogens is 2. The molecule has 0 amide bonds. The van der Waals surface area contributed by atoms with E-state index in [-0.39, 0.29) is 17.3 Å². The molecule has 5 heterocycles. The van der Waals surface area contributed by atoms with E-state index < -0.39 is 11.9 Å². The maximum atomic E-state index is 14.1. The van der Waals surface area contributed by atoms with Gasteiger partial charge in [-0.2, -0.15) is 13.8 Å². The number of pyridine rings is 2. The van der Waals surface area contributed by atoms with Crippen molar-refractivity contribution in [1.82, 2.24) is 24.5 Å². The lowest BCUT2D eigenvalue weighted by atomic mass is 9.99. The van der Waals surface area contributed by atoms with Crippen LogP contribution in [-0.4, -0.2) is 37.2 Å². The SMILES string of the molecule is CC1=Cc2nccc(=O)n2NC1N1CCc2ncc(-c3ccc(F)nc3F)cc2C1. The Morgan fingerprint density at radius 2 is 2.07 bits per heavy atom. The zero-order chi connectivity index (χ0) is 20.8. The predicted octanol–water partition coefficient (Wildman–Crippen LogP) is 2.32. The summed E-state index contributed by atoms with van der Waals surface area (Å²) in [4.78, 5) is 26.4. The number of hydrogen-bond acceptors (Lipinski definition) is 6. The van der Waals surface area contributed by atoms with Gasteiger partial charge in [-0.05, 0) is 42.3 Å². The number of nitrogens with zero attached hydrogens (tertiary/aromatic N) is 5. The molecule has 0 bridgehead atoms. The molecule has 0 radical (unpaired) electrons. The standard InChI is InChI=1S/C21H18F2N6O/c1-12-8-18-24-6-4-19(30)29(18)27-21(12)28-7-5-16-14(11-28)9-13(10-25-16)15-2-3-17(22)26-20(15)23/h2-4,6,8-10,21,27H,5,7,11H2,1H3. The van der Waals surface area contributed by atoms with Gasteiger partial charge in [0.05, 0.1) is 0 Å². The first-order valence-corrected chi connectivity index (χ1v) is 9.56. The van der Waals surface area contributed by atoms with Gasteiger partial charge >= 0.3 is 0 Å². The van der Waals surface area contributed by atoms with Gasteiger partial charge in [0.25, 0.3) is 5.56 Å². The zero-order valence-electron chi connectivity index (χ0n) is 16.1. The van der Waals surface area contributed by atoms with Crippen LogP contribution >= 0.6 is 0 Å². The lowest BCUT2D eigenvalue weighted by Crippen LogP contribution is -2.51. The Labute approximate surface area is 170 Å². The molecule has 0 aromatic carbocycles. The summed E-state index contributed by atoms with van der Waals surface area (Å²) in [6.07, 6.45) is 5.53. The van der Waals surface area contributed by atoms with Gasteiger partial charge in [-0.15, -0.1) is 0 Å². The molecule has 0 spiro atoms. The molecular weight excluding hydrogens is 390 g/mol. The van der Waals surface area contributed by atoms with Gasteiger partial charge in [0.1, 0.15) is 6.17 Å². The minimum Gasteiger partial charge on any atom is -0.300 e. The largest absolute Gasteiger partial charge is 0.300 e. The summed E-state index contributed by atoms with van der Waals surface area (Å²) in [6, 6.07) is 5.78. The van der Waals surface area contributed by atoms with Crippen molar-refractivity contribution in [2.75, 3.05) is 12.0 Å². The van der Waals surface area contributed by atoms with E-state index in [1.807, 2.05) is 19.1 Å². The van der Waals surface area contributed by atoms with E-state index in [4.69, 9.17) is 0 Å². The second-order valence-corrected chi connectivity index (χ2v) is 7.42. The molecule has 0 fully saturated rings. The van der Waals surface area contributed by atoms with E-state index in [1.54, 1.807) is 6.20 Å².